The molecule has 0 unspecified atom stereocenters. The lowest BCUT2D eigenvalue weighted by atomic mass is 9.81. The molecule has 1 aliphatic heterocycles. The zero-order chi connectivity index (χ0) is 24.6. The maximum atomic E-state index is 14.1. The van der Waals surface area contributed by atoms with Gasteiger partial charge in [-0.2, -0.15) is 0 Å². The zero-order valence-electron chi connectivity index (χ0n) is 21.5. The summed E-state index contributed by atoms with van der Waals surface area (Å²) >= 11 is 0. The molecule has 4 N–H and O–H groups in total. The second-order valence-corrected chi connectivity index (χ2v) is 11.4. The number of nitrogens with two attached hydrogens (primary N) is 2. The van der Waals surface area contributed by atoms with E-state index in [4.69, 9.17) is 11.5 Å². The van der Waals surface area contributed by atoms with E-state index in [1.54, 1.807) is 0 Å². The van der Waals surface area contributed by atoms with Crippen molar-refractivity contribution in [2.75, 3.05) is 19.6 Å². The molecule has 2 atom stereocenters. The van der Waals surface area contributed by atoms with Gasteiger partial charge >= 0.3 is 0 Å². The summed E-state index contributed by atoms with van der Waals surface area (Å²) in [5.41, 5.74) is 13.2. The van der Waals surface area contributed by atoms with Gasteiger partial charge in [-0.3, -0.25) is 14.5 Å². The molecule has 1 heterocycles. The van der Waals surface area contributed by atoms with Crippen LogP contribution in [0, 0.1) is 11.8 Å². The van der Waals surface area contributed by atoms with Gasteiger partial charge in [0.1, 0.15) is 6.04 Å². The van der Waals surface area contributed by atoms with Crippen LogP contribution in [0.25, 0.3) is 0 Å². The van der Waals surface area contributed by atoms with Gasteiger partial charge in [0.05, 0.1) is 6.04 Å². The minimum atomic E-state index is -0.449. The molecule has 1 aromatic carbocycles. The van der Waals surface area contributed by atoms with Gasteiger partial charge in [0, 0.05) is 25.7 Å². The Bertz CT molecular complexity index is 802. The first kappa shape index (κ1) is 26.2. The quantitative estimate of drug-likeness (QED) is 0.530. The van der Waals surface area contributed by atoms with Gasteiger partial charge in [-0.1, -0.05) is 49.6 Å². The molecule has 2 saturated carbocycles. The standard InChI is InChI=1S/C29H46N4O2/c30-25-15-13-23(14-16-25)20-27(29(35)33-18-7-12-26(33)28(31)34)32(21-24-10-5-2-6-11-24)19-17-22-8-3-1-4-9-22/h1,3-4,8-9,23-27H,2,5-7,10-21,30H2,(H2,31,34)/t23?,25?,26-,27+/m0/s1. The summed E-state index contributed by atoms with van der Waals surface area (Å²) in [4.78, 5) is 30.6. The molecule has 3 aliphatic rings. The second-order valence-electron chi connectivity index (χ2n) is 11.4. The Kier molecular flexibility index (Phi) is 9.61. The van der Waals surface area contributed by atoms with Gasteiger partial charge in [0.2, 0.25) is 11.8 Å². The number of benzene rings is 1. The fraction of sp³-hybridized carbons (Fsp3) is 0.724. The van der Waals surface area contributed by atoms with Crippen LogP contribution in [-0.2, 0) is 16.0 Å². The van der Waals surface area contributed by atoms with Crippen LogP contribution < -0.4 is 11.5 Å². The molecule has 2 aliphatic carbocycles. The molecule has 6 nitrogen and oxygen atoms in total. The third kappa shape index (κ3) is 7.29. The normalized spacial score (nSPS) is 26.7. The van der Waals surface area contributed by atoms with E-state index in [1.807, 2.05) is 4.90 Å². The van der Waals surface area contributed by atoms with Crippen molar-refractivity contribution in [1.82, 2.24) is 9.80 Å². The van der Waals surface area contributed by atoms with E-state index in [-0.39, 0.29) is 17.9 Å². The molecule has 6 heteroatoms. The van der Waals surface area contributed by atoms with Crippen LogP contribution >= 0.6 is 0 Å². The first-order valence-electron chi connectivity index (χ1n) is 14.1. The van der Waals surface area contributed by atoms with Crippen molar-refractivity contribution < 1.29 is 9.59 Å². The number of hydrogen-bond donors (Lipinski definition) is 2. The predicted molar refractivity (Wildman–Crippen MR) is 141 cm³/mol. The van der Waals surface area contributed by atoms with Gasteiger partial charge in [-0.15, -0.1) is 0 Å². The highest BCUT2D eigenvalue weighted by Gasteiger charge is 2.40. The van der Waals surface area contributed by atoms with E-state index in [9.17, 15) is 9.59 Å². The first-order valence-corrected chi connectivity index (χ1v) is 14.1. The van der Waals surface area contributed by atoms with Crippen LogP contribution in [0.15, 0.2) is 30.3 Å². The fourth-order valence-electron chi connectivity index (χ4n) is 6.66. The molecule has 4 rings (SSSR count). The van der Waals surface area contributed by atoms with Crippen molar-refractivity contribution in [3.8, 4) is 0 Å². The molecule has 1 saturated heterocycles. The molecule has 0 radical (unpaired) electrons. The molecular weight excluding hydrogens is 436 g/mol. The predicted octanol–water partition coefficient (Wildman–Crippen LogP) is 3.86. The zero-order valence-corrected chi connectivity index (χ0v) is 21.5. The molecule has 0 aromatic heterocycles. The molecule has 2 amide bonds. The van der Waals surface area contributed by atoms with Crippen LogP contribution in [-0.4, -0.2) is 59.4 Å². The van der Waals surface area contributed by atoms with Crippen LogP contribution in [0.4, 0.5) is 0 Å². The van der Waals surface area contributed by atoms with Gasteiger partial charge in [0.25, 0.3) is 0 Å². The van der Waals surface area contributed by atoms with Crippen LogP contribution in [0.1, 0.15) is 82.6 Å². The van der Waals surface area contributed by atoms with Crippen molar-refractivity contribution >= 4 is 11.8 Å². The van der Waals surface area contributed by atoms with Crippen LogP contribution in [0.5, 0.6) is 0 Å². The van der Waals surface area contributed by atoms with E-state index >= 15 is 0 Å². The summed E-state index contributed by atoms with van der Waals surface area (Å²) in [6.45, 7) is 2.50. The highest BCUT2D eigenvalue weighted by molar-refractivity contribution is 5.89. The van der Waals surface area contributed by atoms with Crippen molar-refractivity contribution in [3.63, 3.8) is 0 Å². The van der Waals surface area contributed by atoms with E-state index in [0.717, 1.165) is 58.0 Å². The van der Waals surface area contributed by atoms with Crippen molar-refractivity contribution in [1.29, 1.82) is 0 Å². The third-order valence-corrected chi connectivity index (χ3v) is 8.79. The van der Waals surface area contributed by atoms with E-state index in [0.29, 0.717) is 30.8 Å². The monoisotopic (exact) mass is 482 g/mol. The van der Waals surface area contributed by atoms with Gasteiger partial charge in [-0.05, 0) is 81.6 Å². The maximum Gasteiger partial charge on any atom is 0.240 e. The highest BCUT2D eigenvalue weighted by Crippen LogP contribution is 2.32. The fourth-order valence-corrected chi connectivity index (χ4v) is 6.66. The molecular formula is C29H46N4O2. The molecule has 0 spiro atoms. The van der Waals surface area contributed by atoms with Gasteiger partial charge < -0.3 is 16.4 Å². The summed E-state index contributed by atoms with van der Waals surface area (Å²) in [5.74, 6) is 0.940. The molecule has 0 bridgehead atoms. The smallest absolute Gasteiger partial charge is 0.240 e. The number of hydrogen-bond acceptors (Lipinski definition) is 4. The number of carbonyl (C=O) groups is 2. The summed E-state index contributed by atoms with van der Waals surface area (Å²) < 4.78 is 0. The lowest BCUT2D eigenvalue weighted by Gasteiger charge is -2.40. The summed E-state index contributed by atoms with van der Waals surface area (Å²) in [7, 11) is 0. The summed E-state index contributed by atoms with van der Waals surface area (Å²) in [6.07, 6.45) is 14.1. The largest absolute Gasteiger partial charge is 0.368 e. The topological polar surface area (TPSA) is 92.7 Å². The maximum absolute atomic E-state index is 14.1. The average molecular weight is 483 g/mol. The van der Waals surface area contributed by atoms with Crippen LogP contribution in [0.2, 0.25) is 0 Å². The second kappa shape index (κ2) is 12.9. The van der Waals surface area contributed by atoms with Gasteiger partial charge in [-0.25, -0.2) is 0 Å². The van der Waals surface area contributed by atoms with Crippen LogP contribution in [0.3, 0.4) is 0 Å². The highest BCUT2D eigenvalue weighted by atomic mass is 16.2. The van der Waals surface area contributed by atoms with Crippen molar-refractivity contribution in [2.45, 2.75) is 102 Å². The minimum Gasteiger partial charge on any atom is -0.368 e. The number of likely N-dealkylation sites (tertiary alicyclic amines) is 1. The summed E-state index contributed by atoms with van der Waals surface area (Å²) in [5, 5.41) is 0. The number of rotatable bonds is 10. The van der Waals surface area contributed by atoms with E-state index < -0.39 is 6.04 Å². The minimum absolute atomic E-state index is 0.130. The number of primary amides is 1. The Balaban J connectivity index is 1.56. The first-order chi connectivity index (χ1) is 17.0. The number of carbonyl (C=O) groups excluding carboxylic acids is 2. The number of nitrogens with zero attached hydrogens (tertiary/aromatic N) is 2. The molecule has 35 heavy (non-hydrogen) atoms. The molecule has 1 aromatic rings. The Morgan fingerprint density at radius 3 is 2.31 bits per heavy atom. The average Bonchev–Trinajstić information content (AvgIpc) is 3.38. The Morgan fingerprint density at radius 2 is 1.63 bits per heavy atom. The lowest BCUT2D eigenvalue weighted by Crippen LogP contribution is -2.54. The molecule has 194 valence electrons. The Labute approximate surface area is 211 Å². The van der Waals surface area contributed by atoms with Crippen molar-refractivity contribution in [3.05, 3.63) is 35.9 Å². The Morgan fingerprint density at radius 1 is 0.914 bits per heavy atom. The summed E-state index contributed by atoms with van der Waals surface area (Å²) in [6, 6.07) is 10.3. The van der Waals surface area contributed by atoms with Crippen molar-refractivity contribution in [2.24, 2.45) is 23.3 Å². The van der Waals surface area contributed by atoms with E-state index in [1.165, 1.54) is 37.7 Å². The molecule has 3 fully saturated rings. The van der Waals surface area contributed by atoms with Gasteiger partial charge in [0.15, 0.2) is 0 Å². The third-order valence-electron chi connectivity index (χ3n) is 8.79. The van der Waals surface area contributed by atoms with E-state index in [2.05, 4.69) is 35.2 Å². The number of amides is 2. The SMILES string of the molecule is NC(=O)[C@@H]1CCCN1C(=O)[C@@H](CC1CCC(N)CC1)N(CCc1ccccc1)CC1CCCCC1. The lowest BCUT2D eigenvalue weighted by molar-refractivity contribution is -0.143. The Hall–Kier alpha value is -1.92.